The number of ether oxygens (including phenoxy) is 1. The van der Waals surface area contributed by atoms with E-state index in [0.717, 1.165) is 55.0 Å². The molecule has 1 aromatic carbocycles. The number of fused-ring (bicyclic) bond motifs is 7. The fourth-order valence-electron chi connectivity index (χ4n) is 13.5. The molecule has 1 aromatic rings. The van der Waals surface area contributed by atoms with Crippen LogP contribution in [0, 0.1) is 51.2 Å². The average Bonchev–Trinajstić information content (AvgIpc) is 3.56. The van der Waals surface area contributed by atoms with Crippen molar-refractivity contribution in [3.63, 3.8) is 0 Å². The fourth-order valence-corrected chi connectivity index (χ4v) is 13.6. The van der Waals surface area contributed by atoms with Gasteiger partial charge in [-0.1, -0.05) is 89.6 Å². The Bertz CT molecular complexity index is 1420. The molecule has 3 nitrogen and oxygen atoms in total. The highest BCUT2D eigenvalue weighted by Crippen LogP contribution is 2.76. The van der Waals surface area contributed by atoms with Gasteiger partial charge >= 0.3 is 5.97 Å². The van der Waals surface area contributed by atoms with Gasteiger partial charge in [0.25, 0.3) is 0 Å². The van der Waals surface area contributed by atoms with Gasteiger partial charge in [0.1, 0.15) is 6.61 Å². The first-order valence-corrected chi connectivity index (χ1v) is 20.8. The van der Waals surface area contributed by atoms with E-state index in [0.29, 0.717) is 41.5 Å². The van der Waals surface area contributed by atoms with E-state index in [-0.39, 0.29) is 17.3 Å². The van der Waals surface area contributed by atoms with Crippen molar-refractivity contribution in [1.29, 1.82) is 0 Å². The molecule has 7 rings (SSSR count). The molecular formula is C46H69ClFNO2. The Morgan fingerprint density at radius 2 is 1.65 bits per heavy atom. The smallest absolute Gasteiger partial charge is 0.309 e. The molecule has 51 heavy (non-hydrogen) atoms. The maximum Gasteiger partial charge on any atom is 0.309 e. The third-order valence-corrected chi connectivity index (χ3v) is 16.0. The van der Waals surface area contributed by atoms with E-state index in [1.807, 2.05) is 37.3 Å². The van der Waals surface area contributed by atoms with Crippen molar-refractivity contribution in [1.82, 2.24) is 5.32 Å². The number of carbonyl (C=O) groups excluding carboxylic acids is 1. The van der Waals surface area contributed by atoms with Gasteiger partial charge in [-0.05, 0) is 146 Å². The summed E-state index contributed by atoms with van der Waals surface area (Å²) in [6.07, 6.45) is 23.2. The molecule has 1 N–H and O–H groups in total. The van der Waals surface area contributed by atoms with Crippen LogP contribution in [-0.2, 0) is 16.1 Å². The molecule has 0 aromatic heterocycles. The van der Waals surface area contributed by atoms with Crippen molar-refractivity contribution in [2.45, 2.75) is 137 Å². The van der Waals surface area contributed by atoms with Crippen molar-refractivity contribution in [2.75, 3.05) is 19.6 Å². The molecule has 0 radical (unpaired) electrons. The van der Waals surface area contributed by atoms with Crippen LogP contribution in [0.2, 0.25) is 0 Å². The molecule has 5 heteroatoms. The molecule has 0 heterocycles. The number of alkyl halides is 2. The minimum absolute atomic E-state index is 0.0180. The van der Waals surface area contributed by atoms with Crippen molar-refractivity contribution < 1.29 is 13.9 Å². The highest BCUT2D eigenvalue weighted by Gasteiger charge is 2.69. The lowest BCUT2D eigenvalue weighted by molar-refractivity contribution is -0.218. The molecule has 4 fully saturated rings. The summed E-state index contributed by atoms with van der Waals surface area (Å²) in [5.41, 5.74) is 5.83. The van der Waals surface area contributed by atoms with Crippen LogP contribution in [0.3, 0.4) is 0 Å². The summed E-state index contributed by atoms with van der Waals surface area (Å²) < 4.78 is 15.2. The second-order valence-corrected chi connectivity index (χ2v) is 18.6. The van der Waals surface area contributed by atoms with E-state index >= 15 is 0 Å². The van der Waals surface area contributed by atoms with E-state index in [9.17, 15) is 9.18 Å². The van der Waals surface area contributed by atoms with E-state index in [4.69, 9.17) is 16.3 Å². The summed E-state index contributed by atoms with van der Waals surface area (Å²) in [6, 6.07) is 10.0. The Hall–Kier alpha value is -1.91. The van der Waals surface area contributed by atoms with Crippen LogP contribution in [0.4, 0.5) is 4.39 Å². The Morgan fingerprint density at radius 3 is 2.31 bits per heavy atom. The number of benzene rings is 1. The monoisotopic (exact) mass is 722 g/mol. The summed E-state index contributed by atoms with van der Waals surface area (Å²) in [6.45, 7) is 19.9. The predicted molar refractivity (Wildman–Crippen MR) is 212 cm³/mol. The molecule has 9 atom stereocenters. The van der Waals surface area contributed by atoms with Crippen molar-refractivity contribution in [2.24, 2.45) is 51.2 Å². The third-order valence-electron chi connectivity index (χ3n) is 15.8. The fraction of sp³-hybridized carbons (Fsp3) is 0.717. The largest absolute Gasteiger partial charge is 0.461 e. The van der Waals surface area contributed by atoms with Gasteiger partial charge in [-0.25, -0.2) is 0 Å². The molecule has 4 saturated carbocycles. The number of hydrogen-bond donors (Lipinski definition) is 1. The topological polar surface area (TPSA) is 38.3 Å². The molecule has 7 unspecified atom stereocenters. The highest BCUT2D eigenvalue weighted by atomic mass is 35.5. The van der Waals surface area contributed by atoms with Gasteiger partial charge in [-0.3, -0.25) is 9.18 Å². The van der Waals surface area contributed by atoms with Crippen LogP contribution in [0.1, 0.15) is 131 Å². The molecule has 6 aliphatic carbocycles. The second kappa shape index (κ2) is 16.2. The van der Waals surface area contributed by atoms with E-state index in [2.05, 4.69) is 58.7 Å². The SMILES string of the molecule is C=CC.CC1(C)C(C2=CCC(C(=O)OCc3ccccc3)CC2)=CCC2(C)C1CCC1(C)C2CCC2[C@H]3CCCC3(NCCCl)CC[C@]21C.CF. The zero-order valence-electron chi connectivity index (χ0n) is 33.1. The average molecular weight is 723 g/mol. The number of esters is 1. The van der Waals surface area contributed by atoms with Crippen LogP contribution < -0.4 is 5.32 Å². The molecule has 6 aliphatic rings. The maximum absolute atomic E-state index is 13.0. The predicted octanol–water partition coefficient (Wildman–Crippen LogP) is 12.2. The Kier molecular flexibility index (Phi) is 12.8. The first-order chi connectivity index (χ1) is 24.4. The van der Waals surface area contributed by atoms with Gasteiger partial charge in [0.05, 0.1) is 13.1 Å². The number of hydrogen-bond acceptors (Lipinski definition) is 3. The standard InChI is InChI=1S/C42H60ClNO2.C3H6.CH3F/c1-38(2)32(30-13-15-31(16-14-30)37(45)46-28-29-10-7-6-8-11-29)19-22-39(3)35(38)20-23-41(5)36(39)18-17-33-34-12-9-21-42(34,44-27-26-43)25-24-40(33,41)4;1-3-2;1-2/h6-8,10-11,13,19,31,33-36,44H,9,12,14-18,20-28H2,1-5H3;3H,1H2,2H3;1H3/t31?,33?,34-,35?,36?,39?,40-,41?,42?;;/m1../s1. The number of allylic oxidation sites excluding steroid dienone is 5. The Balaban J connectivity index is 0.000000959. The van der Waals surface area contributed by atoms with E-state index < -0.39 is 0 Å². The molecular weight excluding hydrogens is 653 g/mol. The summed E-state index contributed by atoms with van der Waals surface area (Å²) in [7, 11) is 0.500. The summed E-state index contributed by atoms with van der Waals surface area (Å²) in [4.78, 5) is 13.0. The lowest BCUT2D eigenvalue weighted by atomic mass is 9.33. The third kappa shape index (κ3) is 7.08. The molecule has 0 saturated heterocycles. The lowest BCUT2D eigenvalue weighted by Crippen LogP contribution is -2.67. The highest BCUT2D eigenvalue weighted by molar-refractivity contribution is 6.18. The summed E-state index contributed by atoms with van der Waals surface area (Å²) in [5.74, 6) is 3.82. The molecule has 0 aliphatic heterocycles. The van der Waals surface area contributed by atoms with Crippen molar-refractivity contribution in [3.8, 4) is 0 Å². The van der Waals surface area contributed by atoms with E-state index in [1.54, 1.807) is 11.6 Å². The van der Waals surface area contributed by atoms with Gasteiger partial charge in [-0.15, -0.1) is 18.2 Å². The first kappa shape index (κ1) is 40.3. The first-order valence-electron chi connectivity index (χ1n) is 20.3. The second-order valence-electron chi connectivity index (χ2n) is 18.2. The van der Waals surface area contributed by atoms with Gasteiger partial charge in [-0.2, -0.15) is 0 Å². The van der Waals surface area contributed by atoms with Gasteiger partial charge in [0.2, 0.25) is 0 Å². The van der Waals surface area contributed by atoms with Crippen LogP contribution in [0.5, 0.6) is 0 Å². The summed E-state index contributed by atoms with van der Waals surface area (Å²) >= 11 is 6.21. The quantitative estimate of drug-likeness (QED) is 0.173. The number of halogens is 2. The van der Waals surface area contributed by atoms with Gasteiger partial charge < -0.3 is 10.1 Å². The van der Waals surface area contributed by atoms with Crippen molar-refractivity contribution >= 4 is 17.6 Å². The number of nitrogens with one attached hydrogen (secondary N) is 1. The van der Waals surface area contributed by atoms with Crippen LogP contribution in [0.15, 0.2) is 66.3 Å². The van der Waals surface area contributed by atoms with Gasteiger partial charge in [0, 0.05) is 18.0 Å². The normalized spacial score (nSPS) is 39.0. The molecule has 0 amide bonds. The Labute approximate surface area is 315 Å². The molecule has 284 valence electrons. The molecule has 0 bridgehead atoms. The lowest BCUT2D eigenvalue weighted by Gasteiger charge is -2.72. The van der Waals surface area contributed by atoms with Crippen molar-refractivity contribution in [3.05, 3.63) is 71.8 Å². The van der Waals surface area contributed by atoms with Crippen LogP contribution in [-0.4, -0.2) is 31.1 Å². The minimum Gasteiger partial charge on any atom is -0.461 e. The number of rotatable bonds is 7. The maximum atomic E-state index is 13.0. The number of carbonyl (C=O) groups is 1. The van der Waals surface area contributed by atoms with E-state index in [1.165, 1.54) is 69.8 Å². The Morgan fingerprint density at radius 1 is 0.922 bits per heavy atom. The minimum atomic E-state index is -0.0355. The summed E-state index contributed by atoms with van der Waals surface area (Å²) in [5, 5.41) is 4.03. The zero-order valence-corrected chi connectivity index (χ0v) is 33.9. The molecule has 0 spiro atoms. The van der Waals surface area contributed by atoms with Gasteiger partial charge in [0.15, 0.2) is 0 Å². The van der Waals surface area contributed by atoms with Crippen LogP contribution in [0.25, 0.3) is 0 Å². The zero-order chi connectivity index (χ0) is 37.1. The van der Waals surface area contributed by atoms with Crippen LogP contribution >= 0.6 is 11.6 Å².